The first-order valence-electron chi connectivity index (χ1n) is 6.23. The van der Waals surface area contributed by atoms with E-state index in [2.05, 4.69) is 59.4 Å². The molecule has 2 aromatic rings. The third-order valence-corrected chi connectivity index (χ3v) is 4.35. The molecule has 0 radical (unpaired) electrons. The van der Waals surface area contributed by atoms with Gasteiger partial charge in [0.05, 0.1) is 6.04 Å². The zero-order valence-electron chi connectivity index (χ0n) is 11.3. The highest BCUT2D eigenvalue weighted by molar-refractivity contribution is 9.10. The molecule has 1 unspecified atom stereocenters. The summed E-state index contributed by atoms with van der Waals surface area (Å²) in [6, 6.07) is 12.4. The zero-order valence-corrected chi connectivity index (χ0v) is 13.6. The summed E-state index contributed by atoms with van der Waals surface area (Å²) >= 11 is 9.86. The molecule has 100 valence electrons. The van der Waals surface area contributed by atoms with E-state index in [0.29, 0.717) is 0 Å². The molecule has 19 heavy (non-hydrogen) atoms. The first-order chi connectivity index (χ1) is 9.04. The summed E-state index contributed by atoms with van der Waals surface area (Å²) in [6.07, 6.45) is 0. The van der Waals surface area contributed by atoms with Crippen LogP contribution < -0.4 is 5.32 Å². The van der Waals surface area contributed by atoms with Crippen molar-refractivity contribution in [2.45, 2.75) is 19.9 Å². The van der Waals surface area contributed by atoms with Crippen LogP contribution in [-0.2, 0) is 0 Å². The highest BCUT2D eigenvalue weighted by atomic mass is 79.9. The van der Waals surface area contributed by atoms with Gasteiger partial charge in [0.2, 0.25) is 0 Å². The molecule has 1 N–H and O–H groups in total. The highest BCUT2D eigenvalue weighted by Crippen LogP contribution is 2.32. The van der Waals surface area contributed by atoms with Crippen LogP contribution in [0.5, 0.6) is 0 Å². The summed E-state index contributed by atoms with van der Waals surface area (Å²) in [5, 5.41) is 4.15. The molecule has 0 fully saturated rings. The van der Waals surface area contributed by atoms with E-state index in [1.807, 2.05) is 19.2 Å². The van der Waals surface area contributed by atoms with Crippen molar-refractivity contribution >= 4 is 27.5 Å². The van der Waals surface area contributed by atoms with Crippen molar-refractivity contribution in [1.29, 1.82) is 0 Å². The van der Waals surface area contributed by atoms with Gasteiger partial charge in [-0.05, 0) is 61.3 Å². The minimum absolute atomic E-state index is 0.102. The van der Waals surface area contributed by atoms with E-state index in [9.17, 15) is 0 Å². The predicted octanol–water partition coefficient (Wildman–Crippen LogP) is 5.03. The molecule has 0 aliphatic heterocycles. The SMILES string of the molecule is CNC(c1cc(Br)ccc1Cl)c1cccc(C)c1C. The lowest BCUT2D eigenvalue weighted by atomic mass is 9.93. The van der Waals surface area contributed by atoms with Gasteiger partial charge in [0.1, 0.15) is 0 Å². The molecule has 1 nitrogen and oxygen atoms in total. The fourth-order valence-electron chi connectivity index (χ4n) is 2.30. The number of hydrogen-bond acceptors (Lipinski definition) is 1. The molecule has 2 rings (SSSR count). The van der Waals surface area contributed by atoms with E-state index >= 15 is 0 Å². The molecule has 0 aliphatic carbocycles. The van der Waals surface area contributed by atoms with Gasteiger partial charge in [0, 0.05) is 9.50 Å². The average molecular weight is 339 g/mol. The minimum Gasteiger partial charge on any atom is -0.309 e. The van der Waals surface area contributed by atoms with Crippen molar-refractivity contribution < 1.29 is 0 Å². The quantitative estimate of drug-likeness (QED) is 0.828. The molecule has 0 aliphatic rings. The van der Waals surface area contributed by atoms with Gasteiger partial charge >= 0.3 is 0 Å². The Hall–Kier alpha value is -0.830. The lowest BCUT2D eigenvalue weighted by Gasteiger charge is -2.21. The van der Waals surface area contributed by atoms with Crippen LogP contribution in [0.1, 0.15) is 28.3 Å². The summed E-state index contributed by atoms with van der Waals surface area (Å²) in [7, 11) is 1.96. The van der Waals surface area contributed by atoms with Crippen LogP contribution in [0, 0.1) is 13.8 Å². The van der Waals surface area contributed by atoms with Crippen molar-refractivity contribution in [2.24, 2.45) is 0 Å². The standard InChI is InChI=1S/C16H17BrClN/c1-10-5-4-6-13(11(10)2)16(19-3)14-9-12(17)7-8-15(14)18/h4-9,16,19H,1-3H3. The van der Waals surface area contributed by atoms with Gasteiger partial charge in [-0.25, -0.2) is 0 Å². The molecular weight excluding hydrogens is 322 g/mol. The fraction of sp³-hybridized carbons (Fsp3) is 0.250. The van der Waals surface area contributed by atoms with Crippen LogP contribution in [0.25, 0.3) is 0 Å². The Labute approximate surface area is 128 Å². The van der Waals surface area contributed by atoms with Gasteiger partial charge in [0.15, 0.2) is 0 Å². The Morgan fingerprint density at radius 3 is 2.53 bits per heavy atom. The third kappa shape index (κ3) is 3.02. The Bertz CT molecular complexity index is 593. The largest absolute Gasteiger partial charge is 0.309 e. The van der Waals surface area contributed by atoms with Crippen LogP contribution in [-0.4, -0.2) is 7.05 Å². The summed E-state index contributed by atoms with van der Waals surface area (Å²) in [5.74, 6) is 0. The van der Waals surface area contributed by atoms with Gasteiger partial charge in [-0.2, -0.15) is 0 Å². The first-order valence-corrected chi connectivity index (χ1v) is 7.40. The summed E-state index contributed by atoms with van der Waals surface area (Å²) in [5.41, 5.74) is 4.96. The second-order valence-electron chi connectivity index (χ2n) is 4.68. The van der Waals surface area contributed by atoms with Gasteiger partial charge in [-0.3, -0.25) is 0 Å². The van der Waals surface area contributed by atoms with E-state index < -0.39 is 0 Å². The Morgan fingerprint density at radius 1 is 1.11 bits per heavy atom. The molecular formula is C16H17BrClN. The van der Waals surface area contributed by atoms with Gasteiger partial charge in [-0.15, -0.1) is 0 Å². The smallest absolute Gasteiger partial charge is 0.0592 e. The number of nitrogens with one attached hydrogen (secondary N) is 1. The molecule has 2 aromatic carbocycles. The maximum Gasteiger partial charge on any atom is 0.0592 e. The van der Waals surface area contributed by atoms with Crippen LogP contribution in [0.15, 0.2) is 40.9 Å². The average Bonchev–Trinajstić information content (AvgIpc) is 2.39. The number of aryl methyl sites for hydroxylation is 1. The van der Waals surface area contributed by atoms with E-state index in [-0.39, 0.29) is 6.04 Å². The topological polar surface area (TPSA) is 12.0 Å². The van der Waals surface area contributed by atoms with Crippen molar-refractivity contribution in [3.8, 4) is 0 Å². The van der Waals surface area contributed by atoms with Crippen molar-refractivity contribution in [3.05, 3.63) is 68.1 Å². The normalized spacial score (nSPS) is 12.5. The summed E-state index contributed by atoms with van der Waals surface area (Å²) < 4.78 is 1.04. The van der Waals surface area contributed by atoms with Gasteiger partial charge in [-0.1, -0.05) is 45.7 Å². The first kappa shape index (κ1) is 14.6. The molecule has 0 saturated carbocycles. The van der Waals surface area contributed by atoms with E-state index in [4.69, 9.17) is 11.6 Å². The lowest BCUT2D eigenvalue weighted by Crippen LogP contribution is -2.19. The van der Waals surface area contributed by atoms with Crippen LogP contribution in [0.2, 0.25) is 5.02 Å². The maximum absolute atomic E-state index is 6.35. The monoisotopic (exact) mass is 337 g/mol. The predicted molar refractivity (Wildman–Crippen MR) is 86.0 cm³/mol. The molecule has 0 saturated heterocycles. The van der Waals surface area contributed by atoms with Crippen LogP contribution in [0.3, 0.4) is 0 Å². The number of hydrogen-bond donors (Lipinski definition) is 1. The molecule has 0 spiro atoms. The molecule has 0 bridgehead atoms. The summed E-state index contributed by atoms with van der Waals surface area (Å²) in [4.78, 5) is 0. The van der Waals surface area contributed by atoms with Crippen LogP contribution in [0.4, 0.5) is 0 Å². The molecule has 3 heteroatoms. The van der Waals surface area contributed by atoms with Gasteiger partial charge in [0.25, 0.3) is 0 Å². The summed E-state index contributed by atoms with van der Waals surface area (Å²) in [6.45, 7) is 4.29. The third-order valence-electron chi connectivity index (χ3n) is 3.52. The van der Waals surface area contributed by atoms with E-state index in [1.54, 1.807) is 0 Å². The number of benzene rings is 2. The number of rotatable bonds is 3. The maximum atomic E-state index is 6.35. The molecule has 0 amide bonds. The fourth-order valence-corrected chi connectivity index (χ4v) is 2.91. The Kier molecular flexibility index (Phi) is 4.67. The van der Waals surface area contributed by atoms with Crippen molar-refractivity contribution in [3.63, 3.8) is 0 Å². The van der Waals surface area contributed by atoms with Crippen molar-refractivity contribution in [2.75, 3.05) is 7.05 Å². The lowest BCUT2D eigenvalue weighted by molar-refractivity contribution is 0.686. The molecule has 1 atom stereocenters. The van der Waals surface area contributed by atoms with E-state index in [1.165, 1.54) is 16.7 Å². The Balaban J connectivity index is 2.56. The van der Waals surface area contributed by atoms with E-state index in [0.717, 1.165) is 15.1 Å². The molecule has 0 heterocycles. The second-order valence-corrected chi connectivity index (χ2v) is 6.00. The Morgan fingerprint density at radius 2 is 1.84 bits per heavy atom. The second kappa shape index (κ2) is 6.08. The van der Waals surface area contributed by atoms with Crippen LogP contribution >= 0.6 is 27.5 Å². The number of halogens is 2. The zero-order chi connectivity index (χ0) is 14.0. The highest BCUT2D eigenvalue weighted by Gasteiger charge is 2.17. The molecule has 0 aromatic heterocycles. The van der Waals surface area contributed by atoms with Gasteiger partial charge < -0.3 is 5.32 Å². The minimum atomic E-state index is 0.102. The van der Waals surface area contributed by atoms with Crippen molar-refractivity contribution in [1.82, 2.24) is 5.32 Å².